The Bertz CT molecular complexity index is 470. The average Bonchev–Trinajstić information content (AvgIpc) is 2.39. The minimum Gasteiger partial charge on any atom is -0.369 e. The van der Waals surface area contributed by atoms with Gasteiger partial charge in [-0.15, -0.1) is 0 Å². The monoisotopic (exact) mass is 339 g/mol. The number of primary amides is 1. The van der Waals surface area contributed by atoms with Crippen LogP contribution in [0, 0.1) is 5.92 Å². The van der Waals surface area contributed by atoms with Crippen molar-refractivity contribution in [1.82, 2.24) is 4.90 Å². The molecule has 0 bridgehead atoms. The van der Waals surface area contributed by atoms with E-state index in [0.29, 0.717) is 0 Å². The molecule has 1 aromatic rings. The first kappa shape index (κ1) is 15.5. The first-order chi connectivity index (χ1) is 9.49. The standard InChI is InChI=1S/C15H22BrN3O/c1-10(17)14(12-3-2-4-13(16)9-12)19-7-5-11(6-8-19)15(18)20/h2-4,9-11,14H,5-8,17H2,1H3,(H2,18,20). The summed E-state index contributed by atoms with van der Waals surface area (Å²) in [6, 6.07) is 8.50. The number of likely N-dealkylation sites (tertiary alicyclic amines) is 1. The third kappa shape index (κ3) is 3.59. The number of carbonyl (C=O) groups is 1. The Balaban J connectivity index is 2.13. The lowest BCUT2D eigenvalue weighted by molar-refractivity contribution is -0.123. The topological polar surface area (TPSA) is 72.3 Å². The normalized spacial score (nSPS) is 20.6. The molecule has 1 fully saturated rings. The minimum absolute atomic E-state index is 0.0162. The lowest BCUT2D eigenvalue weighted by Crippen LogP contribution is -2.45. The highest BCUT2D eigenvalue weighted by Crippen LogP contribution is 2.30. The van der Waals surface area contributed by atoms with Crippen molar-refractivity contribution < 1.29 is 4.79 Å². The molecular formula is C15H22BrN3O. The summed E-state index contributed by atoms with van der Waals surface area (Å²) in [5.41, 5.74) is 12.8. The Hall–Kier alpha value is -0.910. The molecule has 1 aromatic carbocycles. The summed E-state index contributed by atoms with van der Waals surface area (Å²) in [5, 5.41) is 0. The van der Waals surface area contributed by atoms with Gasteiger partial charge in [0.15, 0.2) is 0 Å². The van der Waals surface area contributed by atoms with Gasteiger partial charge in [0.25, 0.3) is 0 Å². The second-order valence-corrected chi connectivity index (χ2v) is 6.49. The second kappa shape index (κ2) is 6.70. The molecule has 2 atom stereocenters. The van der Waals surface area contributed by atoms with Crippen molar-refractivity contribution in [3.05, 3.63) is 34.3 Å². The van der Waals surface area contributed by atoms with Crippen molar-refractivity contribution in [2.75, 3.05) is 13.1 Å². The van der Waals surface area contributed by atoms with Gasteiger partial charge in [-0.25, -0.2) is 0 Å². The van der Waals surface area contributed by atoms with Gasteiger partial charge >= 0.3 is 0 Å². The lowest BCUT2D eigenvalue weighted by Gasteiger charge is -2.39. The van der Waals surface area contributed by atoms with Crippen LogP contribution in [0.3, 0.4) is 0 Å². The van der Waals surface area contributed by atoms with Gasteiger partial charge in [-0.2, -0.15) is 0 Å². The van der Waals surface area contributed by atoms with E-state index >= 15 is 0 Å². The van der Waals surface area contributed by atoms with Crippen LogP contribution in [0.1, 0.15) is 31.4 Å². The van der Waals surface area contributed by atoms with Crippen molar-refractivity contribution in [3.8, 4) is 0 Å². The number of nitrogens with zero attached hydrogens (tertiary/aromatic N) is 1. The molecule has 2 rings (SSSR count). The molecule has 20 heavy (non-hydrogen) atoms. The molecule has 5 heteroatoms. The van der Waals surface area contributed by atoms with Crippen LogP contribution in [0.25, 0.3) is 0 Å². The van der Waals surface area contributed by atoms with Gasteiger partial charge in [0.1, 0.15) is 0 Å². The van der Waals surface area contributed by atoms with Crippen LogP contribution in [0.4, 0.5) is 0 Å². The maximum Gasteiger partial charge on any atom is 0.220 e. The highest BCUT2D eigenvalue weighted by atomic mass is 79.9. The Labute approximate surface area is 128 Å². The Morgan fingerprint density at radius 1 is 1.40 bits per heavy atom. The van der Waals surface area contributed by atoms with E-state index < -0.39 is 0 Å². The first-order valence-electron chi connectivity index (χ1n) is 7.03. The zero-order chi connectivity index (χ0) is 14.7. The molecule has 0 radical (unpaired) electrons. The van der Waals surface area contributed by atoms with Crippen LogP contribution < -0.4 is 11.5 Å². The average molecular weight is 340 g/mol. The molecule has 0 aliphatic carbocycles. The number of nitrogens with two attached hydrogens (primary N) is 2. The van der Waals surface area contributed by atoms with Crippen LogP contribution in [-0.4, -0.2) is 29.9 Å². The largest absolute Gasteiger partial charge is 0.369 e. The molecule has 1 heterocycles. The fraction of sp³-hybridized carbons (Fsp3) is 0.533. The molecule has 1 aliphatic heterocycles. The number of amides is 1. The number of hydrogen-bond donors (Lipinski definition) is 2. The summed E-state index contributed by atoms with van der Waals surface area (Å²) < 4.78 is 1.06. The molecule has 110 valence electrons. The minimum atomic E-state index is -0.176. The molecule has 2 unspecified atom stereocenters. The van der Waals surface area contributed by atoms with E-state index in [1.54, 1.807) is 0 Å². The quantitative estimate of drug-likeness (QED) is 0.881. The van der Waals surface area contributed by atoms with Gasteiger partial charge in [-0.05, 0) is 50.6 Å². The van der Waals surface area contributed by atoms with Crippen molar-refractivity contribution in [2.45, 2.75) is 31.8 Å². The van der Waals surface area contributed by atoms with Crippen LogP contribution in [0.2, 0.25) is 0 Å². The van der Waals surface area contributed by atoms with Gasteiger partial charge in [0.05, 0.1) is 0 Å². The Kier molecular flexibility index (Phi) is 5.18. The maximum absolute atomic E-state index is 11.3. The molecule has 0 spiro atoms. The third-order valence-corrected chi connectivity index (χ3v) is 4.51. The summed E-state index contributed by atoms with van der Waals surface area (Å²) in [5.74, 6) is -0.160. The Morgan fingerprint density at radius 2 is 2.05 bits per heavy atom. The Morgan fingerprint density at radius 3 is 2.55 bits per heavy atom. The van der Waals surface area contributed by atoms with Crippen LogP contribution in [0.5, 0.6) is 0 Å². The van der Waals surface area contributed by atoms with Gasteiger partial charge in [0, 0.05) is 22.5 Å². The third-order valence-electron chi connectivity index (χ3n) is 4.01. The van der Waals surface area contributed by atoms with E-state index in [1.165, 1.54) is 5.56 Å². The van der Waals surface area contributed by atoms with Crippen molar-refractivity contribution in [2.24, 2.45) is 17.4 Å². The van der Waals surface area contributed by atoms with Gasteiger partial charge in [-0.3, -0.25) is 9.69 Å². The van der Waals surface area contributed by atoms with Crippen molar-refractivity contribution in [1.29, 1.82) is 0 Å². The zero-order valence-corrected chi connectivity index (χ0v) is 13.3. The molecule has 0 aromatic heterocycles. The van der Waals surface area contributed by atoms with Crippen molar-refractivity contribution >= 4 is 21.8 Å². The van der Waals surface area contributed by atoms with Crippen LogP contribution in [0.15, 0.2) is 28.7 Å². The fourth-order valence-electron chi connectivity index (χ4n) is 3.00. The predicted molar refractivity (Wildman–Crippen MR) is 84.0 cm³/mol. The second-order valence-electron chi connectivity index (χ2n) is 5.57. The molecule has 1 saturated heterocycles. The summed E-state index contributed by atoms with van der Waals surface area (Å²) in [6.45, 7) is 3.77. The van der Waals surface area contributed by atoms with Crippen LogP contribution >= 0.6 is 15.9 Å². The number of rotatable bonds is 4. The summed E-state index contributed by atoms with van der Waals surface area (Å²) in [4.78, 5) is 13.6. The summed E-state index contributed by atoms with van der Waals surface area (Å²) >= 11 is 3.51. The van der Waals surface area contributed by atoms with E-state index in [0.717, 1.165) is 30.4 Å². The SMILES string of the molecule is CC(N)C(c1cccc(Br)c1)N1CCC(C(N)=O)CC1. The van der Waals surface area contributed by atoms with Crippen LogP contribution in [-0.2, 0) is 4.79 Å². The van der Waals surface area contributed by atoms with E-state index in [4.69, 9.17) is 11.5 Å². The number of carbonyl (C=O) groups excluding carboxylic acids is 1. The lowest BCUT2D eigenvalue weighted by atomic mass is 9.92. The van der Waals surface area contributed by atoms with E-state index in [9.17, 15) is 4.79 Å². The summed E-state index contributed by atoms with van der Waals surface area (Å²) in [6.07, 6.45) is 1.65. The highest BCUT2D eigenvalue weighted by molar-refractivity contribution is 9.10. The highest BCUT2D eigenvalue weighted by Gasteiger charge is 2.30. The van der Waals surface area contributed by atoms with Gasteiger partial charge in [0.2, 0.25) is 5.91 Å². The maximum atomic E-state index is 11.3. The number of hydrogen-bond acceptors (Lipinski definition) is 3. The number of piperidine rings is 1. The van der Waals surface area contributed by atoms with E-state index in [2.05, 4.69) is 33.0 Å². The number of halogens is 1. The zero-order valence-electron chi connectivity index (χ0n) is 11.8. The number of benzene rings is 1. The molecule has 4 N–H and O–H groups in total. The molecule has 1 aliphatic rings. The summed E-state index contributed by atoms with van der Waals surface area (Å²) in [7, 11) is 0. The van der Waals surface area contributed by atoms with Gasteiger partial charge < -0.3 is 11.5 Å². The van der Waals surface area contributed by atoms with Crippen molar-refractivity contribution in [3.63, 3.8) is 0 Å². The van der Waals surface area contributed by atoms with E-state index in [1.807, 2.05) is 19.1 Å². The first-order valence-corrected chi connectivity index (χ1v) is 7.82. The molecule has 0 saturated carbocycles. The predicted octanol–water partition coefficient (Wildman–Crippen LogP) is 2.03. The fourth-order valence-corrected chi connectivity index (χ4v) is 3.42. The smallest absolute Gasteiger partial charge is 0.220 e. The molecule has 1 amide bonds. The van der Waals surface area contributed by atoms with Gasteiger partial charge in [-0.1, -0.05) is 28.1 Å². The molecular weight excluding hydrogens is 318 g/mol. The van der Waals surface area contributed by atoms with E-state index in [-0.39, 0.29) is 23.9 Å². The molecule has 4 nitrogen and oxygen atoms in total.